The first kappa shape index (κ1) is 14.2. The summed E-state index contributed by atoms with van der Waals surface area (Å²) in [6.45, 7) is 1.81. The third kappa shape index (κ3) is 3.85. The number of ether oxygens (including phenoxy) is 1. The van der Waals surface area contributed by atoms with E-state index in [-0.39, 0.29) is 18.9 Å². The molecule has 0 radical (unpaired) electrons. The molecular weight excluding hydrogens is 234 g/mol. The molecule has 0 aromatic heterocycles. The summed E-state index contributed by atoms with van der Waals surface area (Å²) >= 11 is 0. The van der Waals surface area contributed by atoms with Crippen molar-refractivity contribution in [1.29, 1.82) is 0 Å². The van der Waals surface area contributed by atoms with E-state index in [0.29, 0.717) is 17.7 Å². The Bertz CT molecular complexity index is 443. The fourth-order valence-electron chi connectivity index (χ4n) is 1.50. The molecule has 0 saturated heterocycles. The second-order valence-corrected chi connectivity index (χ2v) is 3.92. The Hall–Kier alpha value is -1.88. The maximum Gasteiger partial charge on any atom is 0.339 e. The molecule has 0 spiro atoms. The summed E-state index contributed by atoms with van der Waals surface area (Å²) in [4.78, 5) is 23.1. The van der Waals surface area contributed by atoms with Gasteiger partial charge in [0.15, 0.2) is 0 Å². The van der Waals surface area contributed by atoms with Crippen LogP contribution in [0.5, 0.6) is 0 Å². The summed E-state index contributed by atoms with van der Waals surface area (Å²) in [6, 6.07) is 5.13. The lowest BCUT2D eigenvalue weighted by atomic mass is 10.1. The zero-order valence-electron chi connectivity index (χ0n) is 10.5. The molecule has 1 amide bonds. The fourth-order valence-corrected chi connectivity index (χ4v) is 1.50. The molecule has 1 aromatic carbocycles. The highest BCUT2D eigenvalue weighted by atomic mass is 16.5. The van der Waals surface area contributed by atoms with Crippen molar-refractivity contribution in [2.75, 3.05) is 19.0 Å². The van der Waals surface area contributed by atoms with Gasteiger partial charge in [0, 0.05) is 13.0 Å². The minimum Gasteiger partial charge on any atom is -0.465 e. The van der Waals surface area contributed by atoms with Crippen molar-refractivity contribution in [1.82, 2.24) is 0 Å². The van der Waals surface area contributed by atoms with Gasteiger partial charge in [0.05, 0.1) is 18.4 Å². The number of carbonyl (C=O) groups excluding carboxylic acids is 2. The van der Waals surface area contributed by atoms with E-state index in [2.05, 4.69) is 10.1 Å². The zero-order chi connectivity index (χ0) is 13.5. The fraction of sp³-hybridized carbons (Fsp3) is 0.385. The third-order valence-corrected chi connectivity index (χ3v) is 2.42. The van der Waals surface area contributed by atoms with Gasteiger partial charge in [0.1, 0.15) is 0 Å². The number of nitrogens with one attached hydrogen (secondary N) is 1. The predicted octanol–water partition coefficient (Wildman–Crippen LogP) is 1.49. The summed E-state index contributed by atoms with van der Waals surface area (Å²) in [5.41, 5.74) is 1.66. The molecule has 1 aromatic rings. The number of amides is 1. The van der Waals surface area contributed by atoms with Gasteiger partial charge in [-0.05, 0) is 25.5 Å². The number of methoxy groups -OCH3 is 1. The average molecular weight is 251 g/mol. The molecule has 2 N–H and O–H groups in total. The lowest BCUT2D eigenvalue weighted by Gasteiger charge is -2.10. The van der Waals surface area contributed by atoms with Gasteiger partial charge in [-0.25, -0.2) is 4.79 Å². The second kappa shape index (κ2) is 6.76. The Labute approximate surface area is 106 Å². The van der Waals surface area contributed by atoms with Gasteiger partial charge in [-0.3, -0.25) is 4.79 Å². The van der Waals surface area contributed by atoms with Crippen LogP contribution >= 0.6 is 0 Å². The molecule has 18 heavy (non-hydrogen) atoms. The van der Waals surface area contributed by atoms with Crippen molar-refractivity contribution in [2.24, 2.45) is 0 Å². The lowest BCUT2D eigenvalue weighted by Crippen LogP contribution is -2.15. The quantitative estimate of drug-likeness (QED) is 0.777. The number of hydrogen-bond donors (Lipinski definition) is 2. The van der Waals surface area contributed by atoms with Crippen LogP contribution in [0.25, 0.3) is 0 Å². The van der Waals surface area contributed by atoms with Gasteiger partial charge in [-0.15, -0.1) is 0 Å². The number of hydrogen-bond acceptors (Lipinski definition) is 4. The zero-order valence-corrected chi connectivity index (χ0v) is 10.5. The van der Waals surface area contributed by atoms with Crippen molar-refractivity contribution < 1.29 is 19.4 Å². The van der Waals surface area contributed by atoms with Crippen molar-refractivity contribution in [3.8, 4) is 0 Å². The van der Waals surface area contributed by atoms with Gasteiger partial charge in [0.25, 0.3) is 0 Å². The molecule has 0 unspecified atom stereocenters. The third-order valence-electron chi connectivity index (χ3n) is 2.42. The molecular formula is C13H17NO4. The number of anilines is 1. The van der Waals surface area contributed by atoms with Crippen LogP contribution in [0, 0.1) is 6.92 Å². The van der Waals surface area contributed by atoms with Crippen molar-refractivity contribution in [3.63, 3.8) is 0 Å². The Morgan fingerprint density at radius 1 is 1.39 bits per heavy atom. The van der Waals surface area contributed by atoms with E-state index >= 15 is 0 Å². The first-order valence-corrected chi connectivity index (χ1v) is 5.68. The van der Waals surface area contributed by atoms with Gasteiger partial charge in [-0.2, -0.15) is 0 Å². The van der Waals surface area contributed by atoms with Crippen LogP contribution in [0.2, 0.25) is 0 Å². The highest BCUT2D eigenvalue weighted by molar-refractivity contribution is 6.01. The van der Waals surface area contributed by atoms with E-state index < -0.39 is 5.97 Å². The number of aliphatic hydroxyl groups excluding tert-OH is 1. The van der Waals surface area contributed by atoms with E-state index in [1.165, 1.54) is 7.11 Å². The standard InChI is InChI=1S/C13H17NO4/c1-9-5-6-11(10(8-9)13(17)18-2)14-12(16)4-3-7-15/h5-6,8,15H,3-4,7H2,1-2H3,(H,14,16). The maximum atomic E-state index is 11.6. The number of carbonyl (C=O) groups is 2. The summed E-state index contributed by atoms with van der Waals surface area (Å²) < 4.78 is 4.66. The van der Waals surface area contributed by atoms with E-state index in [1.54, 1.807) is 18.2 Å². The molecule has 1 rings (SSSR count). The Balaban J connectivity index is 2.87. The van der Waals surface area contributed by atoms with Crippen molar-refractivity contribution >= 4 is 17.6 Å². The summed E-state index contributed by atoms with van der Waals surface area (Å²) in [5.74, 6) is -0.728. The maximum absolute atomic E-state index is 11.6. The van der Waals surface area contributed by atoms with Crippen molar-refractivity contribution in [2.45, 2.75) is 19.8 Å². The molecule has 0 saturated carbocycles. The van der Waals surface area contributed by atoms with Crippen molar-refractivity contribution in [3.05, 3.63) is 29.3 Å². The number of rotatable bonds is 5. The molecule has 0 aliphatic heterocycles. The molecule has 0 aliphatic rings. The normalized spacial score (nSPS) is 9.94. The van der Waals surface area contributed by atoms with E-state index in [9.17, 15) is 9.59 Å². The van der Waals surface area contributed by atoms with Crippen LogP contribution in [0.1, 0.15) is 28.8 Å². The van der Waals surface area contributed by atoms with E-state index in [4.69, 9.17) is 5.11 Å². The van der Waals surface area contributed by atoms with Crippen LogP contribution < -0.4 is 5.32 Å². The van der Waals surface area contributed by atoms with E-state index in [1.807, 2.05) is 6.92 Å². The Morgan fingerprint density at radius 2 is 2.11 bits per heavy atom. The molecule has 98 valence electrons. The number of benzene rings is 1. The van der Waals surface area contributed by atoms with Gasteiger partial charge < -0.3 is 15.2 Å². The SMILES string of the molecule is COC(=O)c1cc(C)ccc1NC(=O)CCCO. The molecule has 0 bridgehead atoms. The molecule has 0 aliphatic carbocycles. The van der Waals surface area contributed by atoms with Crippen LogP contribution in [0.4, 0.5) is 5.69 Å². The number of aliphatic hydroxyl groups is 1. The second-order valence-electron chi connectivity index (χ2n) is 3.92. The summed E-state index contributed by atoms with van der Waals surface area (Å²) in [5, 5.41) is 11.3. The van der Waals surface area contributed by atoms with Crippen LogP contribution in [-0.4, -0.2) is 30.7 Å². The van der Waals surface area contributed by atoms with Gasteiger partial charge in [-0.1, -0.05) is 11.6 Å². The summed E-state index contributed by atoms with van der Waals surface area (Å²) in [6.07, 6.45) is 0.607. The molecule has 0 heterocycles. The van der Waals surface area contributed by atoms with Crippen LogP contribution in [0.15, 0.2) is 18.2 Å². The van der Waals surface area contributed by atoms with Gasteiger partial charge >= 0.3 is 5.97 Å². The first-order chi connectivity index (χ1) is 8.58. The average Bonchev–Trinajstić information content (AvgIpc) is 2.37. The van der Waals surface area contributed by atoms with E-state index in [0.717, 1.165) is 5.56 Å². The minimum atomic E-state index is -0.490. The monoisotopic (exact) mass is 251 g/mol. The minimum absolute atomic E-state index is 0.0365. The molecule has 0 atom stereocenters. The smallest absolute Gasteiger partial charge is 0.339 e. The molecule has 5 heteroatoms. The highest BCUT2D eigenvalue weighted by Gasteiger charge is 2.13. The Morgan fingerprint density at radius 3 is 2.72 bits per heavy atom. The first-order valence-electron chi connectivity index (χ1n) is 5.68. The summed E-state index contributed by atoms with van der Waals surface area (Å²) in [7, 11) is 1.29. The largest absolute Gasteiger partial charge is 0.465 e. The van der Waals surface area contributed by atoms with Crippen LogP contribution in [-0.2, 0) is 9.53 Å². The molecule has 5 nitrogen and oxygen atoms in total. The molecule has 0 fully saturated rings. The highest BCUT2D eigenvalue weighted by Crippen LogP contribution is 2.18. The Kier molecular flexibility index (Phi) is 5.32. The number of esters is 1. The van der Waals surface area contributed by atoms with Gasteiger partial charge in [0.2, 0.25) is 5.91 Å². The van der Waals surface area contributed by atoms with Crippen LogP contribution in [0.3, 0.4) is 0 Å². The number of aryl methyl sites for hydroxylation is 1. The predicted molar refractivity (Wildman–Crippen MR) is 67.5 cm³/mol. The topological polar surface area (TPSA) is 75.6 Å². The lowest BCUT2D eigenvalue weighted by molar-refractivity contribution is -0.116.